The van der Waals surface area contributed by atoms with Crippen LogP contribution in [-0.4, -0.2) is 43.4 Å². The molecule has 2 saturated heterocycles. The summed E-state index contributed by atoms with van der Waals surface area (Å²) in [5, 5.41) is 0. The third kappa shape index (κ3) is 4.59. The topological polar surface area (TPSA) is 12.5 Å². The predicted octanol–water partition coefficient (Wildman–Crippen LogP) is 3.25. The monoisotopic (exact) mass is 287 g/mol. The van der Waals surface area contributed by atoms with Crippen LogP contribution in [-0.2, 0) is 4.74 Å². The second-order valence-corrected chi connectivity index (χ2v) is 5.11. The van der Waals surface area contributed by atoms with E-state index >= 15 is 0 Å². The number of ether oxygens (including phenoxy) is 1. The highest BCUT2D eigenvalue weighted by molar-refractivity contribution is 5.85. The van der Waals surface area contributed by atoms with Crippen LogP contribution >= 0.6 is 12.4 Å². The molecule has 6 heteroatoms. The van der Waals surface area contributed by atoms with Gasteiger partial charge in [0.15, 0.2) is 0 Å². The summed E-state index contributed by atoms with van der Waals surface area (Å²) in [5.74, 6) is -1.09. The van der Waals surface area contributed by atoms with Crippen LogP contribution in [0.2, 0.25) is 0 Å². The minimum atomic E-state index is -4.01. The van der Waals surface area contributed by atoms with E-state index in [-0.39, 0.29) is 31.4 Å². The number of hydrogen-bond acceptors (Lipinski definition) is 2. The van der Waals surface area contributed by atoms with Crippen LogP contribution in [0.1, 0.15) is 32.1 Å². The Balaban J connectivity index is 0.00000162. The van der Waals surface area contributed by atoms with Gasteiger partial charge in [-0.1, -0.05) is 0 Å². The molecule has 1 unspecified atom stereocenters. The van der Waals surface area contributed by atoms with E-state index < -0.39 is 12.1 Å². The lowest BCUT2D eigenvalue weighted by Gasteiger charge is -2.35. The van der Waals surface area contributed by atoms with Crippen molar-refractivity contribution in [1.82, 2.24) is 4.90 Å². The second kappa shape index (κ2) is 6.96. The van der Waals surface area contributed by atoms with Crippen LogP contribution in [0.15, 0.2) is 0 Å². The van der Waals surface area contributed by atoms with E-state index in [2.05, 4.69) is 4.90 Å². The second-order valence-electron chi connectivity index (χ2n) is 5.11. The molecule has 2 fully saturated rings. The van der Waals surface area contributed by atoms with E-state index in [0.29, 0.717) is 13.1 Å². The van der Waals surface area contributed by atoms with Gasteiger partial charge in [-0.15, -0.1) is 12.4 Å². The quantitative estimate of drug-likeness (QED) is 0.773. The van der Waals surface area contributed by atoms with Crippen molar-refractivity contribution in [2.75, 3.05) is 26.2 Å². The maximum absolute atomic E-state index is 12.5. The van der Waals surface area contributed by atoms with Crippen LogP contribution in [0.5, 0.6) is 0 Å². The maximum Gasteiger partial charge on any atom is 0.391 e. The van der Waals surface area contributed by atoms with E-state index in [1.165, 1.54) is 6.42 Å². The van der Waals surface area contributed by atoms with Crippen LogP contribution in [0.25, 0.3) is 0 Å². The summed E-state index contributed by atoms with van der Waals surface area (Å²) in [5.41, 5.74) is 0. The highest BCUT2D eigenvalue weighted by Gasteiger charge is 2.41. The van der Waals surface area contributed by atoms with Crippen molar-refractivity contribution in [2.45, 2.75) is 44.4 Å². The van der Waals surface area contributed by atoms with Gasteiger partial charge in [-0.05, 0) is 45.2 Å². The van der Waals surface area contributed by atoms with Gasteiger partial charge in [-0.25, -0.2) is 0 Å². The fraction of sp³-hybridized carbons (Fsp3) is 1.00. The van der Waals surface area contributed by atoms with E-state index in [0.717, 1.165) is 26.0 Å². The van der Waals surface area contributed by atoms with Crippen LogP contribution < -0.4 is 0 Å². The zero-order valence-corrected chi connectivity index (χ0v) is 11.2. The number of halogens is 4. The molecule has 0 aromatic heterocycles. The maximum atomic E-state index is 12.5. The number of rotatable bonds is 2. The standard InChI is InChI=1S/C12H20F3NO.ClH/c13-12(14,15)10-4-6-16(7-5-10)9-11-3-1-2-8-17-11;/h10-11H,1-9H2;1H. The van der Waals surface area contributed by atoms with Gasteiger partial charge in [-0.3, -0.25) is 0 Å². The first-order valence-corrected chi connectivity index (χ1v) is 6.46. The first-order chi connectivity index (χ1) is 8.05. The zero-order valence-electron chi connectivity index (χ0n) is 10.4. The Hall–Kier alpha value is -0.0000000000000000416. The van der Waals surface area contributed by atoms with Crippen molar-refractivity contribution in [3.8, 4) is 0 Å². The van der Waals surface area contributed by atoms with Crippen LogP contribution in [0, 0.1) is 5.92 Å². The van der Waals surface area contributed by atoms with Gasteiger partial charge >= 0.3 is 6.18 Å². The van der Waals surface area contributed by atoms with Crippen molar-refractivity contribution in [3.05, 3.63) is 0 Å². The highest BCUT2D eigenvalue weighted by Crippen LogP contribution is 2.34. The molecule has 2 rings (SSSR count). The van der Waals surface area contributed by atoms with Crippen molar-refractivity contribution < 1.29 is 17.9 Å². The van der Waals surface area contributed by atoms with Crippen molar-refractivity contribution in [3.63, 3.8) is 0 Å². The number of alkyl halides is 3. The van der Waals surface area contributed by atoms with Gasteiger partial charge in [-0.2, -0.15) is 13.2 Å². The van der Waals surface area contributed by atoms with Gasteiger partial charge < -0.3 is 9.64 Å². The van der Waals surface area contributed by atoms with Gasteiger partial charge in [0.05, 0.1) is 12.0 Å². The van der Waals surface area contributed by atoms with Gasteiger partial charge in [0.2, 0.25) is 0 Å². The molecular weight excluding hydrogens is 267 g/mol. The third-order valence-corrected chi connectivity index (χ3v) is 3.79. The fourth-order valence-electron chi connectivity index (χ4n) is 2.68. The molecule has 0 aromatic rings. The Morgan fingerprint density at radius 1 is 1.06 bits per heavy atom. The van der Waals surface area contributed by atoms with Crippen molar-refractivity contribution in [1.29, 1.82) is 0 Å². The molecule has 0 aromatic carbocycles. The average molecular weight is 288 g/mol. The molecule has 0 N–H and O–H groups in total. The lowest BCUT2D eigenvalue weighted by molar-refractivity contribution is -0.185. The molecule has 18 heavy (non-hydrogen) atoms. The predicted molar refractivity (Wildman–Crippen MR) is 66.1 cm³/mol. The molecule has 108 valence electrons. The lowest BCUT2D eigenvalue weighted by Crippen LogP contribution is -2.43. The lowest BCUT2D eigenvalue weighted by atomic mass is 9.96. The smallest absolute Gasteiger partial charge is 0.377 e. The number of nitrogens with zero attached hydrogens (tertiary/aromatic N) is 1. The van der Waals surface area contributed by atoms with Gasteiger partial charge in [0, 0.05) is 13.2 Å². The third-order valence-electron chi connectivity index (χ3n) is 3.79. The van der Waals surface area contributed by atoms with Gasteiger partial charge in [0.1, 0.15) is 0 Å². The van der Waals surface area contributed by atoms with Crippen molar-refractivity contribution >= 4 is 12.4 Å². The van der Waals surface area contributed by atoms with E-state index in [4.69, 9.17) is 4.74 Å². The normalized spacial score (nSPS) is 27.8. The van der Waals surface area contributed by atoms with E-state index in [1.807, 2.05) is 0 Å². The summed E-state index contributed by atoms with van der Waals surface area (Å²) >= 11 is 0. The summed E-state index contributed by atoms with van der Waals surface area (Å²) in [6.07, 6.45) is 0.0845. The first-order valence-electron chi connectivity index (χ1n) is 6.46. The molecule has 0 aliphatic carbocycles. The Kier molecular flexibility index (Phi) is 6.21. The van der Waals surface area contributed by atoms with Crippen LogP contribution in [0.4, 0.5) is 13.2 Å². The molecule has 2 nitrogen and oxygen atoms in total. The number of hydrogen-bond donors (Lipinski definition) is 0. The summed E-state index contributed by atoms with van der Waals surface area (Å²) in [4.78, 5) is 2.12. The molecule has 0 saturated carbocycles. The molecule has 0 bridgehead atoms. The summed E-state index contributed by atoms with van der Waals surface area (Å²) in [6.45, 7) is 2.74. The Morgan fingerprint density at radius 3 is 2.22 bits per heavy atom. The molecule has 1 atom stereocenters. The molecule has 2 aliphatic rings. The molecule has 0 spiro atoms. The summed E-state index contributed by atoms with van der Waals surface area (Å²) in [6, 6.07) is 0. The zero-order chi connectivity index (χ0) is 12.3. The molecular formula is C12H21ClF3NO. The Bertz CT molecular complexity index is 236. The van der Waals surface area contributed by atoms with E-state index in [1.54, 1.807) is 0 Å². The van der Waals surface area contributed by atoms with Crippen molar-refractivity contribution in [2.24, 2.45) is 5.92 Å². The molecule has 2 heterocycles. The largest absolute Gasteiger partial charge is 0.391 e. The van der Waals surface area contributed by atoms with E-state index in [9.17, 15) is 13.2 Å². The van der Waals surface area contributed by atoms with Crippen LogP contribution in [0.3, 0.4) is 0 Å². The summed E-state index contributed by atoms with van der Waals surface area (Å²) in [7, 11) is 0. The molecule has 0 amide bonds. The number of likely N-dealkylation sites (tertiary alicyclic amines) is 1. The van der Waals surface area contributed by atoms with Gasteiger partial charge in [0.25, 0.3) is 0 Å². The minimum absolute atomic E-state index is 0. The average Bonchev–Trinajstić information content (AvgIpc) is 2.30. The Labute approximate surface area is 112 Å². The Morgan fingerprint density at radius 2 is 1.72 bits per heavy atom. The first kappa shape index (κ1) is 16.1. The SMILES string of the molecule is Cl.FC(F)(F)C1CCN(CC2CCCCO2)CC1. The minimum Gasteiger partial charge on any atom is -0.377 e. The fourth-order valence-corrected chi connectivity index (χ4v) is 2.68. The summed E-state index contributed by atoms with van der Waals surface area (Å²) < 4.78 is 43.1. The molecule has 0 radical (unpaired) electrons. The molecule has 2 aliphatic heterocycles. The number of piperidine rings is 1. The highest BCUT2D eigenvalue weighted by atomic mass is 35.5.